The van der Waals surface area contributed by atoms with Gasteiger partial charge in [0.25, 0.3) is 0 Å². The van der Waals surface area contributed by atoms with Gasteiger partial charge in [-0.1, -0.05) is 24.8 Å². The van der Waals surface area contributed by atoms with E-state index < -0.39 is 0 Å². The molecule has 2 N–H and O–H groups in total. The molecule has 0 spiro atoms. The molecule has 0 bridgehead atoms. The molecule has 114 valence electrons. The Bertz CT molecular complexity index is 493. The van der Waals surface area contributed by atoms with Gasteiger partial charge in [0.05, 0.1) is 19.3 Å². The van der Waals surface area contributed by atoms with Crippen molar-refractivity contribution in [2.75, 3.05) is 39.4 Å². The van der Waals surface area contributed by atoms with Gasteiger partial charge in [-0.3, -0.25) is 4.90 Å². The molecule has 1 aromatic carbocycles. The van der Waals surface area contributed by atoms with Crippen LogP contribution in [0.25, 0.3) is 0 Å². The first-order valence-corrected chi connectivity index (χ1v) is 7.57. The van der Waals surface area contributed by atoms with Gasteiger partial charge in [0.15, 0.2) is 0 Å². The normalized spacial score (nSPS) is 18.9. The number of rotatable bonds is 5. The Kier molecular flexibility index (Phi) is 6.55. The highest BCUT2D eigenvalue weighted by molar-refractivity contribution is 5.39. The summed E-state index contributed by atoms with van der Waals surface area (Å²) in [5.41, 5.74) is 6.32. The van der Waals surface area contributed by atoms with E-state index in [0.717, 1.165) is 44.0 Å². The molecule has 1 saturated heterocycles. The van der Waals surface area contributed by atoms with Gasteiger partial charge in [0, 0.05) is 25.2 Å². The number of ether oxygens (including phenoxy) is 2. The highest BCUT2D eigenvalue weighted by Gasteiger charge is 2.18. The highest BCUT2D eigenvalue weighted by Crippen LogP contribution is 2.13. The van der Waals surface area contributed by atoms with Gasteiger partial charge < -0.3 is 15.2 Å². The molecule has 21 heavy (non-hydrogen) atoms. The Hall–Kier alpha value is -1.54. The maximum absolute atomic E-state index is 5.82. The summed E-state index contributed by atoms with van der Waals surface area (Å²) in [7, 11) is 0. The minimum atomic E-state index is 0.369. The van der Waals surface area contributed by atoms with E-state index in [1.165, 1.54) is 0 Å². The van der Waals surface area contributed by atoms with E-state index >= 15 is 0 Å². The van der Waals surface area contributed by atoms with Gasteiger partial charge in [-0.05, 0) is 24.6 Å². The van der Waals surface area contributed by atoms with Gasteiger partial charge in [0.1, 0.15) is 12.4 Å². The Morgan fingerprint density at radius 1 is 1.48 bits per heavy atom. The van der Waals surface area contributed by atoms with Crippen LogP contribution in [-0.2, 0) is 4.74 Å². The summed E-state index contributed by atoms with van der Waals surface area (Å²) in [5.74, 6) is 6.73. The molecule has 0 saturated carbocycles. The molecule has 1 fully saturated rings. The van der Waals surface area contributed by atoms with E-state index in [4.69, 9.17) is 15.2 Å². The van der Waals surface area contributed by atoms with Gasteiger partial charge in [-0.25, -0.2) is 0 Å². The van der Waals surface area contributed by atoms with Crippen molar-refractivity contribution >= 4 is 0 Å². The fraction of sp³-hybridized carbons (Fsp3) is 0.529. The molecule has 1 heterocycles. The van der Waals surface area contributed by atoms with Crippen LogP contribution in [0.4, 0.5) is 0 Å². The number of hydrogen-bond donors (Lipinski definition) is 1. The predicted octanol–water partition coefficient (Wildman–Crippen LogP) is 1.49. The molecule has 1 unspecified atom stereocenters. The molecule has 2 rings (SSSR count). The molecule has 0 radical (unpaired) electrons. The average molecular weight is 288 g/mol. The Balaban J connectivity index is 1.78. The van der Waals surface area contributed by atoms with E-state index in [9.17, 15) is 0 Å². The summed E-state index contributed by atoms with van der Waals surface area (Å²) in [6.45, 7) is 6.97. The van der Waals surface area contributed by atoms with Crippen molar-refractivity contribution in [3.63, 3.8) is 0 Å². The highest BCUT2D eigenvalue weighted by atomic mass is 16.5. The predicted molar refractivity (Wildman–Crippen MR) is 84.3 cm³/mol. The van der Waals surface area contributed by atoms with E-state index in [1.54, 1.807) is 0 Å². The Labute approximate surface area is 127 Å². The molecular weight excluding hydrogens is 264 g/mol. The van der Waals surface area contributed by atoms with Crippen LogP contribution in [-0.4, -0.2) is 50.4 Å². The third-order valence-corrected chi connectivity index (χ3v) is 3.52. The largest absolute Gasteiger partial charge is 0.492 e. The van der Waals surface area contributed by atoms with Crippen molar-refractivity contribution in [3.8, 4) is 17.6 Å². The Morgan fingerprint density at radius 2 is 2.38 bits per heavy atom. The first-order chi connectivity index (χ1) is 10.3. The summed E-state index contributed by atoms with van der Waals surface area (Å²) < 4.78 is 11.5. The molecule has 0 aliphatic carbocycles. The van der Waals surface area contributed by atoms with Crippen molar-refractivity contribution in [1.29, 1.82) is 0 Å². The van der Waals surface area contributed by atoms with E-state index in [2.05, 4.69) is 23.7 Å². The number of nitrogens with zero attached hydrogens (tertiary/aromatic N) is 1. The van der Waals surface area contributed by atoms with Crippen LogP contribution in [0.15, 0.2) is 24.3 Å². The first kappa shape index (κ1) is 15.8. The lowest BCUT2D eigenvalue weighted by Crippen LogP contribution is -2.43. The van der Waals surface area contributed by atoms with Crippen LogP contribution in [0.3, 0.4) is 0 Å². The van der Waals surface area contributed by atoms with Gasteiger partial charge in [-0.2, -0.15) is 0 Å². The van der Waals surface area contributed by atoms with Crippen molar-refractivity contribution in [3.05, 3.63) is 29.8 Å². The minimum Gasteiger partial charge on any atom is -0.492 e. The molecule has 1 atom stereocenters. The zero-order valence-corrected chi connectivity index (χ0v) is 12.7. The molecule has 0 aromatic heterocycles. The SMILES string of the molecule is CCC1CN(CCOc2cccc(C#CCN)c2)CCO1. The van der Waals surface area contributed by atoms with Crippen LogP contribution < -0.4 is 10.5 Å². The van der Waals surface area contributed by atoms with Crippen LogP contribution in [0.1, 0.15) is 18.9 Å². The van der Waals surface area contributed by atoms with Crippen LogP contribution in [0.5, 0.6) is 5.75 Å². The average Bonchev–Trinajstić information content (AvgIpc) is 2.53. The lowest BCUT2D eigenvalue weighted by molar-refractivity contribution is -0.0324. The fourth-order valence-electron chi connectivity index (χ4n) is 2.34. The summed E-state index contributed by atoms with van der Waals surface area (Å²) in [4.78, 5) is 2.40. The smallest absolute Gasteiger partial charge is 0.120 e. The monoisotopic (exact) mass is 288 g/mol. The molecular formula is C17H24N2O2. The van der Waals surface area contributed by atoms with Gasteiger partial charge in [0.2, 0.25) is 0 Å². The number of benzene rings is 1. The van der Waals surface area contributed by atoms with Crippen LogP contribution >= 0.6 is 0 Å². The molecule has 1 aliphatic rings. The van der Waals surface area contributed by atoms with Crippen molar-refractivity contribution in [2.24, 2.45) is 5.73 Å². The molecule has 4 heteroatoms. The maximum Gasteiger partial charge on any atom is 0.120 e. The van der Waals surface area contributed by atoms with Crippen LogP contribution in [0, 0.1) is 11.8 Å². The summed E-state index contributed by atoms with van der Waals surface area (Å²) in [6.07, 6.45) is 1.44. The van der Waals surface area contributed by atoms with Gasteiger partial charge >= 0.3 is 0 Å². The zero-order valence-electron chi connectivity index (χ0n) is 12.7. The summed E-state index contributed by atoms with van der Waals surface area (Å²) >= 11 is 0. The van der Waals surface area contributed by atoms with Crippen molar-refractivity contribution in [2.45, 2.75) is 19.4 Å². The second-order valence-corrected chi connectivity index (χ2v) is 5.08. The number of morpholine rings is 1. The molecule has 0 amide bonds. The molecule has 4 nitrogen and oxygen atoms in total. The quantitative estimate of drug-likeness (QED) is 0.834. The van der Waals surface area contributed by atoms with Crippen LogP contribution in [0.2, 0.25) is 0 Å². The van der Waals surface area contributed by atoms with E-state index in [-0.39, 0.29) is 0 Å². The number of nitrogens with two attached hydrogens (primary N) is 1. The van der Waals surface area contributed by atoms with E-state index in [1.807, 2.05) is 24.3 Å². The fourth-order valence-corrected chi connectivity index (χ4v) is 2.34. The topological polar surface area (TPSA) is 47.7 Å². The Morgan fingerprint density at radius 3 is 3.19 bits per heavy atom. The van der Waals surface area contributed by atoms with Gasteiger partial charge in [-0.15, -0.1) is 0 Å². The van der Waals surface area contributed by atoms with Crippen molar-refractivity contribution in [1.82, 2.24) is 4.90 Å². The first-order valence-electron chi connectivity index (χ1n) is 7.57. The second kappa shape index (κ2) is 8.68. The third kappa shape index (κ3) is 5.39. The van der Waals surface area contributed by atoms with E-state index in [0.29, 0.717) is 19.3 Å². The summed E-state index contributed by atoms with van der Waals surface area (Å²) in [5, 5.41) is 0. The lowest BCUT2D eigenvalue weighted by Gasteiger charge is -2.32. The third-order valence-electron chi connectivity index (χ3n) is 3.52. The maximum atomic E-state index is 5.82. The second-order valence-electron chi connectivity index (χ2n) is 5.08. The van der Waals surface area contributed by atoms with Crippen molar-refractivity contribution < 1.29 is 9.47 Å². The zero-order chi connectivity index (χ0) is 14.9. The molecule has 1 aromatic rings. The number of hydrogen-bond acceptors (Lipinski definition) is 4. The summed E-state index contributed by atoms with van der Waals surface area (Å²) in [6, 6.07) is 7.83. The standard InChI is InChI=1S/C17H24N2O2/c1-2-16-14-19(9-11-20-16)10-12-21-17-7-3-5-15(13-17)6-4-8-18/h3,5,7,13,16H,2,8-12,14,18H2,1H3. The lowest BCUT2D eigenvalue weighted by atomic mass is 10.2. The molecule has 1 aliphatic heterocycles. The minimum absolute atomic E-state index is 0.369.